The molecule has 2 aliphatic rings. The van der Waals surface area contributed by atoms with Crippen molar-refractivity contribution in [3.63, 3.8) is 0 Å². The SMILES string of the molecule is CC(=O)N1CCCN(C2CCOCC2)CCCN(C(=O)CC(C)C)Cc2ccccc21. The smallest absolute Gasteiger partial charge is 0.223 e. The molecule has 1 fully saturated rings. The summed E-state index contributed by atoms with van der Waals surface area (Å²) in [4.78, 5) is 32.0. The maximum atomic E-state index is 13.0. The first-order valence-electron chi connectivity index (χ1n) is 11.9. The highest BCUT2D eigenvalue weighted by Gasteiger charge is 2.25. The summed E-state index contributed by atoms with van der Waals surface area (Å²) in [6, 6.07) is 8.59. The molecule has 0 aliphatic carbocycles. The number of rotatable bonds is 3. The molecule has 2 aliphatic heterocycles. The van der Waals surface area contributed by atoms with Gasteiger partial charge in [-0.25, -0.2) is 0 Å². The topological polar surface area (TPSA) is 53.1 Å². The van der Waals surface area contributed by atoms with Crippen LogP contribution in [0.2, 0.25) is 0 Å². The maximum absolute atomic E-state index is 13.0. The Morgan fingerprint density at radius 1 is 1.03 bits per heavy atom. The Hall–Kier alpha value is -1.92. The number of carbonyl (C=O) groups excluding carboxylic acids is 2. The molecule has 0 saturated carbocycles. The zero-order valence-electron chi connectivity index (χ0n) is 19.5. The summed E-state index contributed by atoms with van der Waals surface area (Å²) in [5.74, 6) is 0.590. The van der Waals surface area contributed by atoms with E-state index >= 15 is 0 Å². The Kier molecular flexibility index (Phi) is 8.90. The van der Waals surface area contributed by atoms with Crippen molar-refractivity contribution < 1.29 is 14.3 Å². The van der Waals surface area contributed by atoms with E-state index in [2.05, 4.69) is 24.8 Å². The highest BCUT2D eigenvalue weighted by Crippen LogP contribution is 2.25. The van der Waals surface area contributed by atoms with Gasteiger partial charge in [-0.2, -0.15) is 0 Å². The predicted molar refractivity (Wildman–Crippen MR) is 124 cm³/mol. The molecule has 2 amide bonds. The first-order chi connectivity index (χ1) is 15.0. The molecular formula is C25H39N3O3. The van der Waals surface area contributed by atoms with Crippen LogP contribution in [0.3, 0.4) is 0 Å². The second-order valence-corrected chi connectivity index (χ2v) is 9.30. The lowest BCUT2D eigenvalue weighted by Gasteiger charge is -2.36. The third-order valence-corrected chi connectivity index (χ3v) is 6.37. The van der Waals surface area contributed by atoms with E-state index in [1.165, 1.54) is 0 Å². The van der Waals surface area contributed by atoms with Crippen LogP contribution in [0.1, 0.15) is 58.4 Å². The van der Waals surface area contributed by atoms with Gasteiger partial charge in [-0.1, -0.05) is 32.0 Å². The van der Waals surface area contributed by atoms with Gasteiger partial charge in [-0.05, 0) is 43.2 Å². The Balaban J connectivity index is 1.85. The summed E-state index contributed by atoms with van der Waals surface area (Å²) in [6.07, 6.45) is 4.60. The third kappa shape index (κ3) is 6.78. The molecule has 1 aromatic rings. The summed E-state index contributed by atoms with van der Waals surface area (Å²) in [5.41, 5.74) is 1.99. The molecular weight excluding hydrogens is 390 g/mol. The van der Waals surface area contributed by atoms with E-state index in [0.29, 0.717) is 31.5 Å². The van der Waals surface area contributed by atoms with Gasteiger partial charge in [0.05, 0.1) is 0 Å². The number of benzene rings is 1. The monoisotopic (exact) mass is 429 g/mol. The van der Waals surface area contributed by atoms with Gasteiger partial charge >= 0.3 is 0 Å². The zero-order valence-corrected chi connectivity index (χ0v) is 19.5. The summed E-state index contributed by atoms with van der Waals surface area (Å²) >= 11 is 0. The molecule has 3 rings (SSSR count). The van der Waals surface area contributed by atoms with E-state index in [1.807, 2.05) is 28.0 Å². The number of ether oxygens (including phenoxy) is 1. The van der Waals surface area contributed by atoms with Crippen molar-refractivity contribution in [2.45, 2.75) is 65.5 Å². The quantitative estimate of drug-likeness (QED) is 0.735. The van der Waals surface area contributed by atoms with Crippen molar-refractivity contribution in [1.29, 1.82) is 0 Å². The fourth-order valence-electron chi connectivity index (χ4n) is 4.76. The number of amides is 2. The molecule has 0 radical (unpaired) electrons. The average molecular weight is 430 g/mol. The first-order valence-corrected chi connectivity index (χ1v) is 11.9. The van der Waals surface area contributed by atoms with Crippen LogP contribution in [0.15, 0.2) is 24.3 Å². The van der Waals surface area contributed by atoms with Crippen LogP contribution in [-0.2, 0) is 20.9 Å². The molecule has 0 atom stereocenters. The van der Waals surface area contributed by atoms with Crippen molar-refractivity contribution in [3.8, 4) is 0 Å². The van der Waals surface area contributed by atoms with Crippen molar-refractivity contribution in [1.82, 2.24) is 9.80 Å². The molecule has 172 valence electrons. The summed E-state index contributed by atoms with van der Waals surface area (Å²) in [6.45, 7) is 11.4. The molecule has 0 spiro atoms. The van der Waals surface area contributed by atoms with Crippen molar-refractivity contribution >= 4 is 17.5 Å². The Morgan fingerprint density at radius 2 is 1.71 bits per heavy atom. The van der Waals surface area contributed by atoms with Crippen LogP contribution in [0.4, 0.5) is 5.69 Å². The largest absolute Gasteiger partial charge is 0.381 e. The van der Waals surface area contributed by atoms with Gasteiger partial charge in [0, 0.05) is 71.0 Å². The van der Waals surface area contributed by atoms with E-state index in [4.69, 9.17) is 4.74 Å². The van der Waals surface area contributed by atoms with Gasteiger partial charge in [0.1, 0.15) is 0 Å². The number of para-hydroxylation sites is 1. The fourth-order valence-corrected chi connectivity index (χ4v) is 4.76. The molecule has 6 nitrogen and oxygen atoms in total. The van der Waals surface area contributed by atoms with Crippen LogP contribution in [0.25, 0.3) is 0 Å². The lowest BCUT2D eigenvalue weighted by atomic mass is 10.0. The number of nitrogens with zero attached hydrogens (tertiary/aromatic N) is 3. The zero-order chi connectivity index (χ0) is 22.2. The average Bonchev–Trinajstić information content (AvgIpc) is 2.74. The Bertz CT molecular complexity index is 730. The Labute approximate surface area is 187 Å². The van der Waals surface area contributed by atoms with E-state index in [9.17, 15) is 9.59 Å². The third-order valence-electron chi connectivity index (χ3n) is 6.37. The molecule has 0 unspecified atom stereocenters. The minimum absolute atomic E-state index is 0.0576. The van der Waals surface area contributed by atoms with Crippen molar-refractivity contribution in [3.05, 3.63) is 29.8 Å². The van der Waals surface area contributed by atoms with Gasteiger partial charge in [0.25, 0.3) is 0 Å². The Morgan fingerprint density at radius 3 is 2.39 bits per heavy atom. The second kappa shape index (κ2) is 11.6. The molecule has 0 aromatic heterocycles. The van der Waals surface area contributed by atoms with Crippen LogP contribution < -0.4 is 4.90 Å². The number of hydrogen-bond acceptors (Lipinski definition) is 4. The lowest BCUT2D eigenvalue weighted by molar-refractivity contribution is -0.132. The minimum atomic E-state index is 0.0576. The molecule has 6 heteroatoms. The summed E-state index contributed by atoms with van der Waals surface area (Å²) in [7, 11) is 0. The fraction of sp³-hybridized carbons (Fsp3) is 0.680. The normalized spacial score (nSPS) is 20.1. The first kappa shape index (κ1) is 23.7. The molecule has 1 aromatic carbocycles. The van der Waals surface area contributed by atoms with Gasteiger partial charge < -0.3 is 19.4 Å². The van der Waals surface area contributed by atoms with E-state index in [1.54, 1.807) is 6.92 Å². The van der Waals surface area contributed by atoms with Crippen molar-refractivity contribution in [2.24, 2.45) is 5.92 Å². The van der Waals surface area contributed by atoms with Gasteiger partial charge in [0.15, 0.2) is 0 Å². The van der Waals surface area contributed by atoms with Crippen LogP contribution >= 0.6 is 0 Å². The minimum Gasteiger partial charge on any atom is -0.381 e. The second-order valence-electron chi connectivity index (χ2n) is 9.30. The number of carbonyl (C=O) groups is 2. The van der Waals surface area contributed by atoms with Gasteiger partial charge in [-0.3, -0.25) is 9.59 Å². The molecule has 0 bridgehead atoms. The number of anilines is 1. The van der Waals surface area contributed by atoms with Crippen molar-refractivity contribution in [2.75, 3.05) is 44.3 Å². The van der Waals surface area contributed by atoms with Crippen LogP contribution in [0.5, 0.6) is 0 Å². The standard InChI is InChI=1S/C25H39N3O3/c1-20(2)18-25(30)27-14-6-12-26(23-10-16-31-17-11-23)13-7-15-28(21(3)29)24-9-5-4-8-22(24)19-27/h4-5,8-9,20,23H,6-7,10-19H2,1-3H3. The van der Waals surface area contributed by atoms with Gasteiger partial charge in [-0.15, -0.1) is 0 Å². The molecule has 2 heterocycles. The van der Waals surface area contributed by atoms with Crippen LogP contribution in [-0.4, -0.2) is 67.0 Å². The van der Waals surface area contributed by atoms with E-state index in [0.717, 1.165) is 69.8 Å². The van der Waals surface area contributed by atoms with Crippen LogP contribution in [0, 0.1) is 5.92 Å². The molecule has 0 N–H and O–H groups in total. The van der Waals surface area contributed by atoms with E-state index in [-0.39, 0.29) is 11.8 Å². The maximum Gasteiger partial charge on any atom is 0.223 e. The molecule has 1 saturated heterocycles. The highest BCUT2D eigenvalue weighted by molar-refractivity contribution is 5.92. The number of fused-ring (bicyclic) bond motifs is 1. The highest BCUT2D eigenvalue weighted by atomic mass is 16.5. The molecule has 31 heavy (non-hydrogen) atoms. The predicted octanol–water partition coefficient (Wildman–Crippen LogP) is 3.69. The summed E-state index contributed by atoms with van der Waals surface area (Å²) < 4.78 is 5.57. The number of hydrogen-bond donors (Lipinski definition) is 0. The summed E-state index contributed by atoms with van der Waals surface area (Å²) in [5, 5.41) is 0. The van der Waals surface area contributed by atoms with E-state index < -0.39 is 0 Å². The van der Waals surface area contributed by atoms with Gasteiger partial charge in [0.2, 0.25) is 11.8 Å². The lowest BCUT2D eigenvalue weighted by Crippen LogP contribution is -2.43.